The molecule has 0 spiro atoms. The molecule has 190 valence electrons. The number of aromatic nitrogens is 4. The lowest BCUT2D eigenvalue weighted by Crippen LogP contribution is -2.23. The normalized spacial score (nSPS) is 14.4. The van der Waals surface area contributed by atoms with Gasteiger partial charge in [0.1, 0.15) is 17.6 Å². The number of nitrogens with one attached hydrogen (secondary N) is 2. The average molecular weight is 528 g/mol. The van der Waals surface area contributed by atoms with Crippen molar-refractivity contribution in [2.45, 2.75) is 51.1 Å². The Labute approximate surface area is 216 Å². The standard InChI is InChI=1S/C25H31ClFN7OSi/c1-36(2,3)12-11-35-23(15-5-6-15)24-33-21(17-13-16(26)14-18(29)20(17)27)22(34-24)19-7-10-31-25(32-19)30-9-4-8-28/h7,10,13-15,23H,4-6,9,11-12,29H2,1-3H3,(H,33,34)(H,30,31,32). The molecule has 1 fully saturated rings. The van der Waals surface area contributed by atoms with Crippen LogP contribution in [0.2, 0.25) is 30.7 Å². The molecule has 1 unspecified atom stereocenters. The number of nitrogen functional groups attached to an aromatic ring is 1. The first kappa shape index (κ1) is 26.1. The summed E-state index contributed by atoms with van der Waals surface area (Å²) in [5.74, 6) is 0.763. The van der Waals surface area contributed by atoms with Crippen molar-refractivity contribution in [3.8, 4) is 28.7 Å². The van der Waals surface area contributed by atoms with Crippen molar-refractivity contribution in [3.05, 3.63) is 41.1 Å². The number of hydrogen-bond donors (Lipinski definition) is 3. The zero-order valence-electron chi connectivity index (χ0n) is 20.7. The van der Waals surface area contributed by atoms with Crippen molar-refractivity contribution >= 4 is 31.3 Å². The molecule has 1 saturated carbocycles. The quantitative estimate of drug-likeness (QED) is 0.158. The number of aromatic amines is 1. The predicted octanol–water partition coefficient (Wildman–Crippen LogP) is 6.04. The van der Waals surface area contributed by atoms with Crippen LogP contribution in [0.25, 0.3) is 22.6 Å². The van der Waals surface area contributed by atoms with Gasteiger partial charge in [0.25, 0.3) is 0 Å². The van der Waals surface area contributed by atoms with Crippen LogP contribution in [-0.2, 0) is 4.74 Å². The summed E-state index contributed by atoms with van der Waals surface area (Å²) in [6, 6.07) is 7.74. The highest BCUT2D eigenvalue weighted by Gasteiger charge is 2.36. The summed E-state index contributed by atoms with van der Waals surface area (Å²) in [5.41, 5.74) is 7.43. The van der Waals surface area contributed by atoms with Crippen LogP contribution in [0.1, 0.15) is 31.2 Å². The van der Waals surface area contributed by atoms with Gasteiger partial charge in [-0.2, -0.15) is 5.26 Å². The molecule has 36 heavy (non-hydrogen) atoms. The predicted molar refractivity (Wildman–Crippen MR) is 143 cm³/mol. The SMILES string of the molecule is C[Si](C)(C)CCOC(c1nc(-c2cc(Cl)cc(N)c2F)c(-c2ccnc(NCCC#N)n2)[nH]1)C1CC1. The Morgan fingerprint density at radius 1 is 1.33 bits per heavy atom. The van der Waals surface area contributed by atoms with Gasteiger partial charge in [-0.05, 0) is 43.0 Å². The first-order valence-electron chi connectivity index (χ1n) is 12.1. The van der Waals surface area contributed by atoms with Gasteiger partial charge >= 0.3 is 0 Å². The van der Waals surface area contributed by atoms with Crippen LogP contribution < -0.4 is 11.1 Å². The molecule has 11 heteroatoms. The molecule has 1 atom stereocenters. The van der Waals surface area contributed by atoms with Crippen molar-refractivity contribution in [2.24, 2.45) is 5.92 Å². The lowest BCUT2D eigenvalue weighted by atomic mass is 10.1. The number of halogens is 2. The summed E-state index contributed by atoms with van der Waals surface area (Å²) in [7, 11) is -1.27. The molecule has 4 N–H and O–H groups in total. The number of H-pyrrole nitrogens is 1. The summed E-state index contributed by atoms with van der Waals surface area (Å²) >= 11 is 6.24. The van der Waals surface area contributed by atoms with E-state index in [1.165, 1.54) is 12.1 Å². The molecule has 1 aromatic carbocycles. The van der Waals surface area contributed by atoms with Crippen LogP contribution >= 0.6 is 11.6 Å². The van der Waals surface area contributed by atoms with E-state index in [9.17, 15) is 0 Å². The Balaban J connectivity index is 1.76. The molecule has 8 nitrogen and oxygen atoms in total. The minimum Gasteiger partial charge on any atom is -0.396 e. The maximum absolute atomic E-state index is 15.2. The molecule has 4 rings (SSSR count). The summed E-state index contributed by atoms with van der Waals surface area (Å²) in [5, 5.41) is 12.2. The highest BCUT2D eigenvalue weighted by atomic mass is 35.5. The maximum atomic E-state index is 15.2. The molecular weight excluding hydrogens is 497 g/mol. The van der Waals surface area contributed by atoms with Gasteiger partial charge in [-0.25, -0.2) is 19.3 Å². The molecular formula is C25H31ClFN7OSi. The van der Waals surface area contributed by atoms with E-state index in [-0.39, 0.29) is 17.4 Å². The molecule has 2 heterocycles. The van der Waals surface area contributed by atoms with Gasteiger partial charge in [0, 0.05) is 38.0 Å². The number of imidazole rings is 1. The Morgan fingerprint density at radius 2 is 2.11 bits per heavy atom. The van der Waals surface area contributed by atoms with Crippen LogP contribution in [0.5, 0.6) is 0 Å². The lowest BCUT2D eigenvalue weighted by Gasteiger charge is -2.19. The largest absolute Gasteiger partial charge is 0.396 e. The number of rotatable bonds is 11. The first-order valence-corrected chi connectivity index (χ1v) is 16.2. The summed E-state index contributed by atoms with van der Waals surface area (Å²) in [6.45, 7) is 8.01. The van der Waals surface area contributed by atoms with E-state index in [0.717, 1.165) is 18.9 Å². The average Bonchev–Trinajstić information content (AvgIpc) is 3.56. The van der Waals surface area contributed by atoms with E-state index in [4.69, 9.17) is 32.3 Å². The number of anilines is 2. The zero-order valence-corrected chi connectivity index (χ0v) is 22.5. The van der Waals surface area contributed by atoms with Crippen LogP contribution in [0, 0.1) is 23.1 Å². The number of nitrogens with zero attached hydrogens (tertiary/aromatic N) is 4. The minimum atomic E-state index is -1.27. The fourth-order valence-corrected chi connectivity index (χ4v) is 4.79. The van der Waals surface area contributed by atoms with Gasteiger partial charge in [-0.3, -0.25) is 0 Å². The van der Waals surface area contributed by atoms with Crippen LogP contribution in [0.15, 0.2) is 24.4 Å². The zero-order chi connectivity index (χ0) is 25.9. The summed E-state index contributed by atoms with van der Waals surface area (Å²) in [6.07, 6.45) is 3.82. The number of ether oxygens (including phenoxy) is 1. The van der Waals surface area contributed by atoms with Gasteiger partial charge in [-0.1, -0.05) is 31.2 Å². The molecule has 0 amide bonds. The number of nitriles is 1. The number of benzene rings is 1. The third kappa shape index (κ3) is 6.40. The molecule has 0 bridgehead atoms. The van der Waals surface area contributed by atoms with E-state index < -0.39 is 13.9 Å². The van der Waals surface area contributed by atoms with Crippen molar-refractivity contribution in [2.75, 3.05) is 24.2 Å². The number of hydrogen-bond acceptors (Lipinski definition) is 7. The molecule has 0 radical (unpaired) electrons. The van der Waals surface area contributed by atoms with Gasteiger partial charge in [-0.15, -0.1) is 0 Å². The second-order valence-corrected chi connectivity index (χ2v) is 16.3. The fraction of sp³-hybridized carbons (Fsp3) is 0.440. The Kier molecular flexibility index (Phi) is 7.93. The highest BCUT2D eigenvalue weighted by molar-refractivity contribution is 6.76. The second-order valence-electron chi connectivity index (χ2n) is 10.2. The van der Waals surface area contributed by atoms with E-state index in [2.05, 4.69) is 46.0 Å². The Hall–Kier alpha value is -3.00. The molecule has 1 aliphatic carbocycles. The summed E-state index contributed by atoms with van der Waals surface area (Å²) in [4.78, 5) is 17.0. The maximum Gasteiger partial charge on any atom is 0.223 e. The lowest BCUT2D eigenvalue weighted by molar-refractivity contribution is 0.0402. The molecule has 1 aliphatic rings. The van der Waals surface area contributed by atoms with E-state index in [0.29, 0.717) is 59.4 Å². The van der Waals surface area contributed by atoms with Gasteiger partial charge in [0.2, 0.25) is 5.95 Å². The van der Waals surface area contributed by atoms with Crippen LogP contribution in [0.3, 0.4) is 0 Å². The summed E-state index contributed by atoms with van der Waals surface area (Å²) < 4.78 is 21.6. The molecule has 0 aliphatic heterocycles. The van der Waals surface area contributed by atoms with Crippen LogP contribution in [0.4, 0.5) is 16.0 Å². The van der Waals surface area contributed by atoms with Crippen molar-refractivity contribution in [3.63, 3.8) is 0 Å². The fourth-order valence-electron chi connectivity index (χ4n) is 3.83. The van der Waals surface area contributed by atoms with Crippen molar-refractivity contribution in [1.29, 1.82) is 5.26 Å². The Morgan fingerprint density at radius 3 is 2.81 bits per heavy atom. The van der Waals surface area contributed by atoms with Gasteiger partial charge < -0.3 is 20.8 Å². The van der Waals surface area contributed by atoms with Crippen molar-refractivity contribution < 1.29 is 9.13 Å². The van der Waals surface area contributed by atoms with Gasteiger partial charge in [0.05, 0.1) is 29.6 Å². The second kappa shape index (κ2) is 10.9. The van der Waals surface area contributed by atoms with Crippen molar-refractivity contribution in [1.82, 2.24) is 19.9 Å². The number of nitrogens with two attached hydrogens (primary N) is 1. The third-order valence-electron chi connectivity index (χ3n) is 5.94. The molecule has 0 saturated heterocycles. The van der Waals surface area contributed by atoms with E-state index in [1.54, 1.807) is 12.3 Å². The molecule has 2 aromatic heterocycles. The molecule has 3 aromatic rings. The monoisotopic (exact) mass is 527 g/mol. The third-order valence-corrected chi connectivity index (χ3v) is 7.87. The van der Waals surface area contributed by atoms with E-state index in [1.807, 2.05) is 0 Å². The van der Waals surface area contributed by atoms with Crippen LogP contribution in [-0.4, -0.2) is 41.2 Å². The smallest absolute Gasteiger partial charge is 0.223 e. The highest BCUT2D eigenvalue weighted by Crippen LogP contribution is 2.44. The minimum absolute atomic E-state index is 0.0559. The first-order chi connectivity index (χ1) is 17.2. The Bertz CT molecular complexity index is 1270. The van der Waals surface area contributed by atoms with Gasteiger partial charge in [0.15, 0.2) is 5.82 Å². The topological polar surface area (TPSA) is 126 Å². The van der Waals surface area contributed by atoms with E-state index >= 15 is 4.39 Å².